The van der Waals surface area contributed by atoms with Gasteiger partial charge >= 0.3 is 11.9 Å². The van der Waals surface area contributed by atoms with Crippen LogP contribution in [0.4, 0.5) is 5.69 Å². The van der Waals surface area contributed by atoms with Crippen LogP contribution in [0.1, 0.15) is 15.9 Å². The standard InChI is InChI=1S/C16H13NO5/c18-14(10-11-6-2-1-3-7-11)15(19)17(22)13-9-5-4-8-12(13)16(20)21/h1-10,18,22H,(H,20,21). The van der Waals surface area contributed by atoms with E-state index in [-0.39, 0.29) is 16.3 Å². The van der Waals surface area contributed by atoms with E-state index in [2.05, 4.69) is 0 Å². The Hall–Kier alpha value is -3.12. The van der Waals surface area contributed by atoms with Gasteiger partial charge in [-0.05, 0) is 23.8 Å². The number of aliphatic hydroxyl groups is 1. The average molecular weight is 299 g/mol. The van der Waals surface area contributed by atoms with Gasteiger partial charge in [0, 0.05) is 0 Å². The van der Waals surface area contributed by atoms with E-state index in [0.29, 0.717) is 5.56 Å². The monoisotopic (exact) mass is 299 g/mol. The lowest BCUT2D eigenvalue weighted by molar-refractivity contribution is -0.122. The maximum atomic E-state index is 12.0. The van der Waals surface area contributed by atoms with Crippen LogP contribution in [-0.4, -0.2) is 27.3 Å². The van der Waals surface area contributed by atoms with Gasteiger partial charge in [-0.3, -0.25) is 10.0 Å². The van der Waals surface area contributed by atoms with Crippen LogP contribution in [0.15, 0.2) is 60.4 Å². The Morgan fingerprint density at radius 3 is 2.14 bits per heavy atom. The van der Waals surface area contributed by atoms with E-state index in [1.165, 1.54) is 30.3 Å². The molecular formula is C16H13NO5. The Morgan fingerprint density at radius 2 is 1.50 bits per heavy atom. The molecule has 0 fully saturated rings. The quantitative estimate of drug-likeness (QED) is 0.349. The molecule has 0 unspecified atom stereocenters. The fourth-order valence-electron chi connectivity index (χ4n) is 1.83. The van der Waals surface area contributed by atoms with Crippen LogP contribution in [0.25, 0.3) is 6.08 Å². The number of anilines is 1. The first kappa shape index (κ1) is 15.3. The molecule has 0 aliphatic rings. The van der Waals surface area contributed by atoms with Gasteiger partial charge in [0.05, 0.1) is 11.3 Å². The van der Waals surface area contributed by atoms with Gasteiger partial charge in [-0.2, -0.15) is 5.06 Å². The first-order chi connectivity index (χ1) is 10.5. The highest BCUT2D eigenvalue weighted by Gasteiger charge is 2.22. The number of carbonyl (C=O) groups excluding carboxylic acids is 1. The number of hydrogen-bond donors (Lipinski definition) is 3. The van der Waals surface area contributed by atoms with E-state index < -0.39 is 17.6 Å². The normalized spacial score (nSPS) is 11.0. The molecule has 3 N–H and O–H groups in total. The van der Waals surface area contributed by atoms with E-state index >= 15 is 0 Å². The summed E-state index contributed by atoms with van der Waals surface area (Å²) < 4.78 is 0. The van der Waals surface area contributed by atoms with Crippen LogP contribution in [-0.2, 0) is 4.79 Å². The molecule has 0 saturated carbocycles. The Balaban J connectivity index is 2.30. The number of aliphatic hydroxyl groups excluding tert-OH is 1. The summed E-state index contributed by atoms with van der Waals surface area (Å²) in [7, 11) is 0. The number of aromatic carboxylic acids is 1. The Bertz CT molecular complexity index is 724. The average Bonchev–Trinajstić information content (AvgIpc) is 2.54. The van der Waals surface area contributed by atoms with Crippen molar-refractivity contribution in [2.75, 3.05) is 5.06 Å². The van der Waals surface area contributed by atoms with Crippen LogP contribution >= 0.6 is 0 Å². The van der Waals surface area contributed by atoms with Gasteiger partial charge in [-0.25, -0.2) is 4.79 Å². The highest BCUT2D eigenvalue weighted by atomic mass is 16.5. The maximum absolute atomic E-state index is 12.0. The van der Waals surface area contributed by atoms with Gasteiger partial charge in [0.25, 0.3) is 0 Å². The fourth-order valence-corrected chi connectivity index (χ4v) is 1.83. The number of benzene rings is 2. The fraction of sp³-hybridized carbons (Fsp3) is 0. The number of hydroxylamine groups is 1. The third kappa shape index (κ3) is 3.31. The van der Waals surface area contributed by atoms with E-state index in [9.17, 15) is 19.9 Å². The first-order valence-corrected chi connectivity index (χ1v) is 6.32. The summed E-state index contributed by atoms with van der Waals surface area (Å²) >= 11 is 0. The number of para-hydroxylation sites is 1. The minimum atomic E-state index is -1.30. The van der Waals surface area contributed by atoms with E-state index in [4.69, 9.17) is 5.11 Å². The summed E-state index contributed by atoms with van der Waals surface area (Å²) in [5.41, 5.74) is 0.0761. The van der Waals surface area contributed by atoms with Crippen molar-refractivity contribution in [1.82, 2.24) is 0 Å². The molecule has 2 aromatic rings. The van der Waals surface area contributed by atoms with Crippen molar-refractivity contribution in [3.63, 3.8) is 0 Å². The highest BCUT2D eigenvalue weighted by molar-refractivity contribution is 6.08. The van der Waals surface area contributed by atoms with Gasteiger partial charge < -0.3 is 10.2 Å². The molecule has 0 aromatic heterocycles. The van der Waals surface area contributed by atoms with Gasteiger partial charge in [0.2, 0.25) is 0 Å². The van der Waals surface area contributed by atoms with Crippen LogP contribution in [0.3, 0.4) is 0 Å². The maximum Gasteiger partial charge on any atom is 0.337 e. The SMILES string of the molecule is O=C(O)c1ccccc1N(O)C(=O)C(O)=Cc1ccccc1. The van der Waals surface area contributed by atoms with Crippen LogP contribution in [0.2, 0.25) is 0 Å². The highest BCUT2D eigenvalue weighted by Crippen LogP contribution is 2.20. The topological polar surface area (TPSA) is 98.1 Å². The summed E-state index contributed by atoms with van der Waals surface area (Å²) in [4.78, 5) is 23.1. The first-order valence-electron chi connectivity index (χ1n) is 6.32. The molecule has 2 aromatic carbocycles. The molecule has 0 bridgehead atoms. The molecule has 6 heteroatoms. The third-order valence-electron chi connectivity index (χ3n) is 2.88. The summed E-state index contributed by atoms with van der Waals surface area (Å²) in [6, 6.07) is 14.0. The Kier molecular flexibility index (Phi) is 4.55. The zero-order valence-corrected chi connectivity index (χ0v) is 11.4. The van der Waals surface area contributed by atoms with Crippen molar-refractivity contribution in [1.29, 1.82) is 0 Å². The number of hydrogen-bond acceptors (Lipinski definition) is 4. The number of carboxylic acid groups (broad SMARTS) is 1. The van der Waals surface area contributed by atoms with Crippen LogP contribution in [0, 0.1) is 0 Å². The van der Waals surface area contributed by atoms with Crippen molar-refractivity contribution in [3.05, 3.63) is 71.5 Å². The van der Waals surface area contributed by atoms with Crippen molar-refractivity contribution < 1.29 is 25.0 Å². The zero-order valence-electron chi connectivity index (χ0n) is 11.4. The zero-order chi connectivity index (χ0) is 16.1. The number of carboxylic acids is 1. The minimum Gasteiger partial charge on any atom is -0.503 e. The summed E-state index contributed by atoms with van der Waals surface area (Å²) in [6.07, 6.45) is 1.18. The van der Waals surface area contributed by atoms with Crippen molar-refractivity contribution in [3.8, 4) is 0 Å². The number of amides is 1. The summed E-state index contributed by atoms with van der Waals surface area (Å²) in [5.74, 6) is -3.14. The second-order valence-electron chi connectivity index (χ2n) is 4.38. The smallest absolute Gasteiger partial charge is 0.337 e. The Labute approximate surface area is 126 Å². The summed E-state index contributed by atoms with van der Waals surface area (Å²) in [5, 5.41) is 28.8. The summed E-state index contributed by atoms with van der Waals surface area (Å²) in [6.45, 7) is 0. The second kappa shape index (κ2) is 6.55. The third-order valence-corrected chi connectivity index (χ3v) is 2.88. The second-order valence-corrected chi connectivity index (χ2v) is 4.38. The van der Waals surface area contributed by atoms with Gasteiger partial charge in [-0.1, -0.05) is 42.5 Å². The van der Waals surface area contributed by atoms with Gasteiger partial charge in [0.15, 0.2) is 5.76 Å². The van der Waals surface area contributed by atoms with Crippen molar-refractivity contribution >= 4 is 23.6 Å². The molecule has 112 valence electrons. The van der Waals surface area contributed by atoms with E-state index in [1.807, 2.05) is 0 Å². The molecule has 2 rings (SSSR count). The molecule has 0 saturated heterocycles. The minimum absolute atomic E-state index is 0.109. The van der Waals surface area contributed by atoms with E-state index in [1.54, 1.807) is 30.3 Å². The van der Waals surface area contributed by atoms with Crippen LogP contribution < -0.4 is 5.06 Å². The van der Waals surface area contributed by atoms with Crippen molar-refractivity contribution in [2.45, 2.75) is 0 Å². The molecule has 0 radical (unpaired) electrons. The molecule has 0 spiro atoms. The number of nitrogens with zero attached hydrogens (tertiary/aromatic N) is 1. The molecule has 0 heterocycles. The van der Waals surface area contributed by atoms with E-state index in [0.717, 1.165) is 0 Å². The number of rotatable bonds is 4. The molecule has 0 atom stereocenters. The largest absolute Gasteiger partial charge is 0.503 e. The molecule has 22 heavy (non-hydrogen) atoms. The lowest BCUT2D eigenvalue weighted by atomic mass is 10.1. The predicted molar refractivity (Wildman–Crippen MR) is 79.7 cm³/mol. The molecular weight excluding hydrogens is 286 g/mol. The van der Waals surface area contributed by atoms with Crippen LogP contribution in [0.5, 0.6) is 0 Å². The lowest BCUT2D eigenvalue weighted by Crippen LogP contribution is -2.29. The predicted octanol–water partition coefficient (Wildman–Crippen LogP) is 2.71. The number of carbonyl (C=O) groups is 2. The molecule has 0 aliphatic heterocycles. The van der Waals surface area contributed by atoms with Crippen molar-refractivity contribution in [2.24, 2.45) is 0 Å². The molecule has 0 aliphatic carbocycles. The molecule has 1 amide bonds. The van der Waals surface area contributed by atoms with Gasteiger partial charge in [-0.15, -0.1) is 0 Å². The van der Waals surface area contributed by atoms with Gasteiger partial charge in [0.1, 0.15) is 0 Å². The lowest BCUT2D eigenvalue weighted by Gasteiger charge is -2.16. The Morgan fingerprint density at radius 1 is 0.909 bits per heavy atom. The molecule has 6 nitrogen and oxygen atoms in total.